The van der Waals surface area contributed by atoms with Gasteiger partial charge in [-0.05, 0) is 36.0 Å². The molecule has 0 saturated heterocycles. The third-order valence-corrected chi connectivity index (χ3v) is 4.82. The zero-order valence-electron chi connectivity index (χ0n) is 14.7. The molecule has 26 heavy (non-hydrogen) atoms. The van der Waals surface area contributed by atoms with Crippen LogP contribution in [-0.2, 0) is 28.9 Å². The van der Waals surface area contributed by atoms with Crippen LogP contribution in [0.2, 0.25) is 0 Å². The van der Waals surface area contributed by atoms with Crippen molar-refractivity contribution >= 4 is 11.8 Å². The maximum Gasteiger partial charge on any atom is 0.309 e. The second-order valence-corrected chi connectivity index (χ2v) is 6.84. The number of aryl methyl sites for hydroxylation is 1. The molecule has 1 atom stereocenters. The molecule has 5 nitrogen and oxygen atoms in total. The van der Waals surface area contributed by atoms with E-state index in [0.29, 0.717) is 25.8 Å². The predicted octanol–water partition coefficient (Wildman–Crippen LogP) is 1.38. The maximum atomic E-state index is 12.0. The number of fused-ring (bicyclic) bond motifs is 1. The van der Waals surface area contributed by atoms with Gasteiger partial charge in [0.1, 0.15) is 0 Å². The van der Waals surface area contributed by atoms with Crippen LogP contribution >= 0.6 is 0 Å². The van der Waals surface area contributed by atoms with Crippen LogP contribution in [-0.4, -0.2) is 35.6 Å². The van der Waals surface area contributed by atoms with Gasteiger partial charge in [0, 0.05) is 19.5 Å². The van der Waals surface area contributed by atoms with Gasteiger partial charge in [0.05, 0.1) is 5.60 Å². The minimum atomic E-state index is -1.01. The van der Waals surface area contributed by atoms with Crippen molar-refractivity contribution in [2.45, 2.75) is 31.3 Å². The fourth-order valence-corrected chi connectivity index (χ4v) is 3.31. The van der Waals surface area contributed by atoms with Gasteiger partial charge in [-0.2, -0.15) is 0 Å². The van der Waals surface area contributed by atoms with E-state index in [2.05, 4.69) is 16.7 Å². The smallest absolute Gasteiger partial charge is 0.309 e. The summed E-state index contributed by atoms with van der Waals surface area (Å²) in [7, 11) is 0. The molecule has 0 aliphatic heterocycles. The van der Waals surface area contributed by atoms with Crippen molar-refractivity contribution in [3.63, 3.8) is 0 Å². The second-order valence-electron chi connectivity index (χ2n) is 6.84. The Morgan fingerprint density at radius 1 is 0.923 bits per heavy atom. The number of carbonyl (C=O) groups excluding carboxylic acids is 2. The number of hydrogen-bond acceptors (Lipinski definition) is 3. The Morgan fingerprint density at radius 3 is 2.35 bits per heavy atom. The summed E-state index contributed by atoms with van der Waals surface area (Å²) in [5, 5.41) is 15.9. The number of hydrogen-bond donors (Lipinski definition) is 3. The molecule has 0 saturated carbocycles. The maximum absolute atomic E-state index is 12.0. The molecule has 0 radical (unpaired) electrons. The van der Waals surface area contributed by atoms with Gasteiger partial charge >= 0.3 is 11.8 Å². The molecule has 1 aliphatic carbocycles. The standard InChI is InChI=1S/C21H24N2O3/c24-19(22-13-11-16-6-2-1-3-7-16)20(25)23-15-21(26)12-10-17-8-4-5-9-18(17)14-21/h1-9,26H,10-15H2,(H,22,24)(H,23,25). The zero-order valence-corrected chi connectivity index (χ0v) is 14.7. The van der Waals surface area contributed by atoms with E-state index in [0.717, 1.165) is 17.5 Å². The van der Waals surface area contributed by atoms with Gasteiger partial charge in [-0.1, -0.05) is 54.6 Å². The summed E-state index contributed by atoms with van der Waals surface area (Å²) in [6.45, 7) is 0.472. The number of carbonyl (C=O) groups is 2. The molecule has 0 bridgehead atoms. The first-order valence-electron chi connectivity index (χ1n) is 8.95. The van der Waals surface area contributed by atoms with Crippen molar-refractivity contribution in [1.29, 1.82) is 0 Å². The fraction of sp³-hybridized carbons (Fsp3) is 0.333. The summed E-state index contributed by atoms with van der Waals surface area (Å²) in [6.07, 6.45) is 2.49. The van der Waals surface area contributed by atoms with E-state index in [9.17, 15) is 14.7 Å². The van der Waals surface area contributed by atoms with Crippen LogP contribution in [0.1, 0.15) is 23.1 Å². The van der Waals surface area contributed by atoms with Gasteiger partial charge < -0.3 is 15.7 Å². The van der Waals surface area contributed by atoms with Gasteiger partial charge in [0.2, 0.25) is 0 Å². The van der Waals surface area contributed by atoms with E-state index in [-0.39, 0.29) is 6.54 Å². The van der Waals surface area contributed by atoms with Gasteiger partial charge in [-0.25, -0.2) is 0 Å². The van der Waals surface area contributed by atoms with Crippen LogP contribution in [0.3, 0.4) is 0 Å². The molecule has 0 spiro atoms. The molecule has 0 aromatic heterocycles. The van der Waals surface area contributed by atoms with Crippen molar-refractivity contribution < 1.29 is 14.7 Å². The van der Waals surface area contributed by atoms with E-state index in [1.807, 2.05) is 48.5 Å². The minimum absolute atomic E-state index is 0.0757. The average Bonchev–Trinajstić information content (AvgIpc) is 2.67. The number of aliphatic hydroxyl groups is 1. The summed E-state index contributed by atoms with van der Waals surface area (Å²) in [6, 6.07) is 17.8. The largest absolute Gasteiger partial charge is 0.388 e. The van der Waals surface area contributed by atoms with E-state index in [1.165, 1.54) is 5.56 Å². The first-order valence-corrected chi connectivity index (χ1v) is 8.95. The minimum Gasteiger partial charge on any atom is -0.388 e. The lowest BCUT2D eigenvalue weighted by atomic mass is 9.80. The average molecular weight is 352 g/mol. The Balaban J connectivity index is 1.44. The molecular weight excluding hydrogens is 328 g/mol. The highest BCUT2D eigenvalue weighted by atomic mass is 16.3. The monoisotopic (exact) mass is 352 g/mol. The van der Waals surface area contributed by atoms with Gasteiger partial charge in [0.25, 0.3) is 0 Å². The number of amides is 2. The van der Waals surface area contributed by atoms with Crippen molar-refractivity contribution in [2.24, 2.45) is 0 Å². The second kappa shape index (κ2) is 8.15. The number of rotatable bonds is 5. The van der Waals surface area contributed by atoms with Crippen molar-refractivity contribution in [3.8, 4) is 0 Å². The van der Waals surface area contributed by atoms with Crippen LogP contribution in [0.15, 0.2) is 54.6 Å². The van der Waals surface area contributed by atoms with Gasteiger partial charge in [-0.15, -0.1) is 0 Å². The lowest BCUT2D eigenvalue weighted by Gasteiger charge is -2.33. The lowest BCUT2D eigenvalue weighted by Crippen LogP contribution is -2.50. The molecule has 1 aliphatic rings. The number of nitrogens with one attached hydrogen (secondary N) is 2. The van der Waals surface area contributed by atoms with Crippen molar-refractivity contribution in [1.82, 2.24) is 10.6 Å². The highest BCUT2D eigenvalue weighted by molar-refractivity contribution is 6.35. The van der Waals surface area contributed by atoms with Crippen LogP contribution in [0.5, 0.6) is 0 Å². The Morgan fingerprint density at radius 2 is 1.58 bits per heavy atom. The van der Waals surface area contributed by atoms with Gasteiger partial charge in [-0.3, -0.25) is 9.59 Å². The molecule has 5 heteroatoms. The molecule has 3 rings (SSSR count). The zero-order chi connectivity index (χ0) is 18.4. The first-order chi connectivity index (χ1) is 12.6. The van der Waals surface area contributed by atoms with E-state index in [1.54, 1.807) is 0 Å². The molecule has 2 amide bonds. The first kappa shape index (κ1) is 18.1. The summed E-state index contributed by atoms with van der Waals surface area (Å²) in [4.78, 5) is 23.9. The highest BCUT2D eigenvalue weighted by Gasteiger charge is 2.32. The molecule has 136 valence electrons. The van der Waals surface area contributed by atoms with E-state index in [4.69, 9.17) is 0 Å². The predicted molar refractivity (Wildman–Crippen MR) is 99.6 cm³/mol. The third kappa shape index (κ3) is 4.70. The molecule has 0 fully saturated rings. The quantitative estimate of drug-likeness (QED) is 0.712. The molecular formula is C21H24N2O3. The lowest BCUT2D eigenvalue weighted by molar-refractivity contribution is -0.139. The molecule has 2 aromatic rings. The fourth-order valence-electron chi connectivity index (χ4n) is 3.31. The highest BCUT2D eigenvalue weighted by Crippen LogP contribution is 2.28. The Hall–Kier alpha value is -2.66. The van der Waals surface area contributed by atoms with Gasteiger partial charge in [0.15, 0.2) is 0 Å². The van der Waals surface area contributed by atoms with Crippen LogP contribution < -0.4 is 10.6 Å². The van der Waals surface area contributed by atoms with Crippen molar-refractivity contribution in [3.05, 3.63) is 71.3 Å². The number of benzene rings is 2. The molecule has 2 aromatic carbocycles. The molecule has 3 N–H and O–H groups in total. The SMILES string of the molecule is O=C(NCCc1ccccc1)C(=O)NCC1(O)CCc2ccccc2C1. The summed E-state index contributed by atoms with van der Waals surface area (Å²) in [5.74, 6) is -1.37. The Kier molecular flexibility index (Phi) is 5.68. The molecule has 0 heterocycles. The topological polar surface area (TPSA) is 78.4 Å². The normalized spacial score (nSPS) is 18.7. The van der Waals surface area contributed by atoms with E-state index >= 15 is 0 Å². The Labute approximate surface area is 153 Å². The summed E-state index contributed by atoms with van der Waals surface area (Å²) >= 11 is 0. The summed E-state index contributed by atoms with van der Waals surface area (Å²) in [5.41, 5.74) is 2.43. The van der Waals surface area contributed by atoms with Crippen LogP contribution in [0.4, 0.5) is 0 Å². The van der Waals surface area contributed by atoms with E-state index < -0.39 is 17.4 Å². The Bertz CT molecular complexity index is 776. The molecule has 1 unspecified atom stereocenters. The third-order valence-electron chi connectivity index (χ3n) is 4.82. The van der Waals surface area contributed by atoms with Crippen molar-refractivity contribution in [2.75, 3.05) is 13.1 Å². The summed E-state index contributed by atoms with van der Waals surface area (Å²) < 4.78 is 0. The van der Waals surface area contributed by atoms with Crippen LogP contribution in [0, 0.1) is 0 Å². The van der Waals surface area contributed by atoms with Crippen LogP contribution in [0.25, 0.3) is 0 Å².